The molecule has 0 amide bonds. The molecule has 0 saturated carbocycles. The van der Waals surface area contributed by atoms with Gasteiger partial charge < -0.3 is 22.1 Å². The minimum absolute atomic E-state index is 0.309. The highest BCUT2D eigenvalue weighted by molar-refractivity contribution is 5.97. The van der Waals surface area contributed by atoms with Crippen molar-refractivity contribution >= 4 is 32.3 Å². The summed E-state index contributed by atoms with van der Waals surface area (Å²) >= 11 is 0. The number of benzene rings is 10. The first-order valence-corrected chi connectivity index (χ1v) is 26.9. The van der Waals surface area contributed by atoms with E-state index in [4.69, 9.17) is 22.1 Å². The summed E-state index contributed by atoms with van der Waals surface area (Å²) in [5.74, 6) is 4.45. The van der Waals surface area contributed by atoms with Gasteiger partial charge in [-0.3, -0.25) is 0 Å². The molecule has 15 nitrogen and oxygen atoms in total. The second-order valence-corrected chi connectivity index (χ2v) is 20.2. The number of nitrogens with zero attached hydrogens (tertiary/aromatic N) is 10. The van der Waals surface area contributed by atoms with Crippen LogP contribution in [0.3, 0.4) is 0 Å². The van der Waals surface area contributed by atoms with E-state index >= 15 is 0 Å². The van der Waals surface area contributed by atoms with Crippen molar-refractivity contribution in [2.75, 3.05) is 0 Å². The third-order valence-corrected chi connectivity index (χ3v) is 14.3. The lowest BCUT2D eigenvalue weighted by atomic mass is 10.0. The van der Waals surface area contributed by atoms with E-state index in [1.165, 1.54) is 11.1 Å². The van der Waals surface area contributed by atoms with Gasteiger partial charge in [-0.15, -0.1) is 51.0 Å². The monoisotopic (exact) mass is 1080 g/mol. The zero-order valence-electron chi connectivity index (χ0n) is 44.9. The lowest BCUT2D eigenvalue weighted by Crippen LogP contribution is -1.87. The SMILES string of the molecule is Cc1ccc(-c2nnc(-c3cccc(-c4nnc(-c5ccc(C(C)C)cc5)o4)c3)o2)cc1.c1ccc2c(-c3nnc(-c4cc(-c5nnc(-c6cccc7ccccc67)o5)cc(-c5nnc(-c6cccc7ccccc67)o5)c4)o3)cccc2c1. The third kappa shape index (κ3) is 9.99. The highest BCUT2D eigenvalue weighted by atomic mass is 16.4. The predicted molar refractivity (Wildman–Crippen MR) is 318 cm³/mol. The summed E-state index contributed by atoms with van der Waals surface area (Å²) < 4.78 is 30.9. The van der Waals surface area contributed by atoms with E-state index in [1.54, 1.807) is 0 Å². The van der Waals surface area contributed by atoms with Crippen molar-refractivity contribution in [3.05, 3.63) is 230 Å². The summed E-state index contributed by atoms with van der Waals surface area (Å²) in [4.78, 5) is 0. The molecule has 0 aliphatic carbocycles. The molecule has 5 heterocycles. The van der Waals surface area contributed by atoms with Crippen molar-refractivity contribution in [2.24, 2.45) is 0 Å². The van der Waals surface area contributed by atoms with Gasteiger partial charge in [-0.2, -0.15) is 0 Å². The Morgan fingerprint density at radius 2 is 0.530 bits per heavy atom. The van der Waals surface area contributed by atoms with Crippen LogP contribution in [0.2, 0.25) is 0 Å². The maximum atomic E-state index is 6.34. The lowest BCUT2D eigenvalue weighted by molar-refractivity contribution is 0.580. The van der Waals surface area contributed by atoms with Crippen LogP contribution in [-0.2, 0) is 0 Å². The molecule has 15 heteroatoms. The van der Waals surface area contributed by atoms with Crippen molar-refractivity contribution in [3.63, 3.8) is 0 Å². The first-order chi connectivity index (χ1) is 40.8. The Bertz CT molecular complexity index is 4480. The predicted octanol–water partition coefficient (Wildman–Crippen LogP) is 16.8. The van der Waals surface area contributed by atoms with Crippen LogP contribution >= 0.6 is 0 Å². The first-order valence-electron chi connectivity index (χ1n) is 26.9. The Balaban J connectivity index is 0.000000165. The topological polar surface area (TPSA) is 195 Å². The molecule has 5 aromatic heterocycles. The summed E-state index contributed by atoms with van der Waals surface area (Å²) in [6.45, 7) is 6.37. The molecule has 398 valence electrons. The highest BCUT2D eigenvalue weighted by Crippen LogP contribution is 2.38. The van der Waals surface area contributed by atoms with E-state index in [-0.39, 0.29) is 0 Å². The molecule has 0 bridgehead atoms. The highest BCUT2D eigenvalue weighted by Gasteiger charge is 2.22. The van der Waals surface area contributed by atoms with Crippen LogP contribution in [0.15, 0.2) is 240 Å². The zero-order chi connectivity index (χ0) is 55.8. The van der Waals surface area contributed by atoms with E-state index in [0.717, 1.165) is 71.3 Å². The Morgan fingerprint density at radius 3 is 0.904 bits per heavy atom. The van der Waals surface area contributed by atoms with E-state index in [9.17, 15) is 0 Å². The largest absolute Gasteiger partial charge is 0.416 e. The van der Waals surface area contributed by atoms with E-state index < -0.39 is 0 Å². The molecule has 83 heavy (non-hydrogen) atoms. The van der Waals surface area contributed by atoms with Gasteiger partial charge in [0, 0.05) is 55.6 Å². The van der Waals surface area contributed by atoms with E-state index in [2.05, 4.69) is 113 Å². The second-order valence-electron chi connectivity index (χ2n) is 20.2. The number of hydrogen-bond acceptors (Lipinski definition) is 15. The molecule has 0 aliphatic heterocycles. The Hall–Kier alpha value is -11.3. The quantitative estimate of drug-likeness (QED) is 0.119. The van der Waals surface area contributed by atoms with Crippen molar-refractivity contribution in [1.82, 2.24) is 51.0 Å². The molecule has 0 fully saturated rings. The lowest BCUT2D eigenvalue weighted by Gasteiger charge is -2.05. The Labute approximate surface area is 474 Å². The molecule has 0 radical (unpaired) electrons. The van der Waals surface area contributed by atoms with Gasteiger partial charge >= 0.3 is 0 Å². The molecule has 0 unspecified atom stereocenters. The number of rotatable bonds is 11. The number of fused-ring (bicyclic) bond motifs is 3. The maximum Gasteiger partial charge on any atom is 0.248 e. The van der Waals surface area contributed by atoms with Gasteiger partial charge in [-0.25, -0.2) is 0 Å². The van der Waals surface area contributed by atoms with Crippen LogP contribution in [0, 0.1) is 6.92 Å². The molecule has 0 spiro atoms. The normalized spacial score (nSPS) is 11.4. The van der Waals surface area contributed by atoms with Crippen LogP contribution in [0.25, 0.3) is 147 Å². The van der Waals surface area contributed by atoms with Gasteiger partial charge in [0.15, 0.2) is 0 Å². The molecule has 15 rings (SSSR count). The van der Waals surface area contributed by atoms with Crippen LogP contribution in [0.4, 0.5) is 0 Å². The first kappa shape index (κ1) is 49.9. The summed E-state index contributed by atoms with van der Waals surface area (Å²) in [6, 6.07) is 71.8. The molecule has 0 saturated heterocycles. The number of aryl methyl sites for hydroxylation is 1. The van der Waals surface area contributed by atoms with Gasteiger partial charge in [0.1, 0.15) is 0 Å². The fourth-order valence-electron chi connectivity index (χ4n) is 9.98. The maximum absolute atomic E-state index is 6.34. The molecular formula is C68H46N10O5. The summed E-state index contributed by atoms with van der Waals surface area (Å²) in [6.07, 6.45) is 0. The average molecular weight is 1080 g/mol. The minimum atomic E-state index is 0.309. The number of hydrogen-bond donors (Lipinski definition) is 0. The fraction of sp³-hybridized carbons (Fsp3) is 0.0588. The number of aromatic nitrogens is 10. The molecule has 0 N–H and O–H groups in total. The van der Waals surface area contributed by atoms with Crippen LogP contribution in [0.5, 0.6) is 0 Å². The molecule has 0 atom stereocenters. The summed E-state index contributed by atoms with van der Waals surface area (Å²) in [5.41, 5.74) is 10.2. The van der Waals surface area contributed by atoms with Crippen LogP contribution in [-0.4, -0.2) is 51.0 Å². The third-order valence-electron chi connectivity index (χ3n) is 14.3. The van der Waals surface area contributed by atoms with Gasteiger partial charge in [-0.1, -0.05) is 159 Å². The van der Waals surface area contributed by atoms with Gasteiger partial charge in [0.25, 0.3) is 0 Å². The average Bonchev–Trinajstić information content (AvgIpc) is 4.45. The second kappa shape index (κ2) is 21.4. The molecule has 15 aromatic rings. The summed E-state index contributed by atoms with van der Waals surface area (Å²) in [5, 5.41) is 49.9. The van der Waals surface area contributed by atoms with E-state index in [1.807, 2.05) is 177 Å². The molecule has 10 aromatic carbocycles. The Kier molecular flexibility index (Phi) is 12.9. The van der Waals surface area contributed by atoms with Gasteiger partial charge in [0.05, 0.1) is 0 Å². The zero-order valence-corrected chi connectivity index (χ0v) is 44.9. The van der Waals surface area contributed by atoms with Gasteiger partial charge in [0.2, 0.25) is 58.9 Å². The Morgan fingerprint density at radius 1 is 0.253 bits per heavy atom. The van der Waals surface area contributed by atoms with E-state index in [0.29, 0.717) is 81.5 Å². The minimum Gasteiger partial charge on any atom is -0.416 e. The fourth-order valence-corrected chi connectivity index (χ4v) is 9.98. The molecular weight excluding hydrogens is 1040 g/mol. The van der Waals surface area contributed by atoms with Crippen molar-refractivity contribution in [3.8, 4) is 115 Å². The van der Waals surface area contributed by atoms with Crippen LogP contribution < -0.4 is 0 Å². The van der Waals surface area contributed by atoms with Crippen molar-refractivity contribution in [1.29, 1.82) is 0 Å². The molecule has 0 aliphatic rings. The smallest absolute Gasteiger partial charge is 0.248 e. The summed E-state index contributed by atoms with van der Waals surface area (Å²) in [7, 11) is 0. The van der Waals surface area contributed by atoms with Crippen LogP contribution in [0.1, 0.15) is 30.9 Å². The van der Waals surface area contributed by atoms with Crippen molar-refractivity contribution < 1.29 is 22.1 Å². The van der Waals surface area contributed by atoms with Crippen molar-refractivity contribution in [2.45, 2.75) is 26.7 Å². The standard InChI is InChI=1S/C42H24N6O3.C26H22N4O2/c1-4-16-31-25(10-1)13-7-19-34(31)40-46-43-37(49-40)28-22-29(38-44-47-41(50-38)35-20-8-14-26-11-2-5-17-32(26)35)24-30(23-28)39-45-48-42(51-39)36-21-9-15-27-12-3-6-18-33(27)36;1-16(2)18-11-13-20(14-12-18)24-28-30-26(32-24)22-6-4-5-21(15-22)25-29-27-23(31-25)19-9-7-17(3)8-10-19/h1-24H;4-16H,1-3H3. The van der Waals surface area contributed by atoms with Gasteiger partial charge in [-0.05, 0) is 130 Å².